The predicted octanol–water partition coefficient (Wildman–Crippen LogP) is 2.84. The number of H-pyrrole nitrogens is 1. The highest BCUT2D eigenvalue weighted by molar-refractivity contribution is 7.16. The molecule has 3 aromatic rings. The van der Waals surface area contributed by atoms with Crippen molar-refractivity contribution in [3.05, 3.63) is 63.8 Å². The van der Waals surface area contributed by atoms with Gasteiger partial charge in [-0.05, 0) is 30.3 Å². The van der Waals surface area contributed by atoms with E-state index in [1.807, 2.05) is 30.3 Å². The molecule has 5 heteroatoms. The Kier molecular flexibility index (Phi) is 2.89. The Morgan fingerprint density at radius 2 is 1.89 bits per heavy atom. The van der Waals surface area contributed by atoms with Gasteiger partial charge in [-0.1, -0.05) is 29.5 Å². The van der Waals surface area contributed by atoms with E-state index in [4.69, 9.17) is 0 Å². The molecule has 0 spiro atoms. The fraction of sp³-hybridized carbons (Fsp3) is 0. The number of hydrogen-bond acceptors (Lipinski definition) is 3. The molecule has 94 valence electrons. The van der Waals surface area contributed by atoms with Gasteiger partial charge in [0, 0.05) is 11.3 Å². The lowest BCUT2D eigenvalue weighted by molar-refractivity contribution is 0.102. The summed E-state index contributed by atoms with van der Waals surface area (Å²) in [5.74, 6) is -0.186. The molecule has 0 aliphatic rings. The molecule has 0 fully saturated rings. The molecule has 1 aromatic heterocycles. The number of nitrogens with one attached hydrogen (secondary N) is 2. The van der Waals surface area contributed by atoms with Gasteiger partial charge in [0.2, 0.25) is 0 Å². The van der Waals surface area contributed by atoms with Gasteiger partial charge in [0.25, 0.3) is 5.91 Å². The van der Waals surface area contributed by atoms with Crippen LogP contribution in [-0.2, 0) is 0 Å². The van der Waals surface area contributed by atoms with E-state index in [0.29, 0.717) is 5.56 Å². The van der Waals surface area contributed by atoms with Crippen LogP contribution in [0, 0.1) is 0 Å². The molecule has 0 unspecified atom stereocenters. The monoisotopic (exact) mass is 270 g/mol. The SMILES string of the molecule is O=C(Nc1ccccc1)c1ccc2[nH]c(=O)sc2c1. The number of carbonyl (C=O) groups excluding carboxylic acids is 1. The van der Waals surface area contributed by atoms with Crippen LogP contribution < -0.4 is 10.2 Å². The van der Waals surface area contributed by atoms with Crippen LogP contribution in [0.5, 0.6) is 0 Å². The number of para-hydroxylation sites is 1. The average Bonchev–Trinajstić information content (AvgIpc) is 2.78. The first kappa shape index (κ1) is 11.7. The van der Waals surface area contributed by atoms with Crippen LogP contribution in [0.25, 0.3) is 10.2 Å². The highest BCUT2D eigenvalue weighted by Gasteiger charge is 2.08. The molecule has 2 aromatic carbocycles. The Bertz CT molecular complexity index is 790. The Hall–Kier alpha value is -2.40. The van der Waals surface area contributed by atoms with Crippen LogP contribution in [0.15, 0.2) is 53.3 Å². The molecule has 19 heavy (non-hydrogen) atoms. The molecular formula is C14H10N2O2S. The van der Waals surface area contributed by atoms with E-state index in [0.717, 1.165) is 27.2 Å². The van der Waals surface area contributed by atoms with Crippen molar-refractivity contribution in [1.82, 2.24) is 4.98 Å². The van der Waals surface area contributed by atoms with E-state index < -0.39 is 0 Å². The zero-order chi connectivity index (χ0) is 13.2. The Balaban J connectivity index is 1.91. The second-order valence-corrected chi connectivity index (χ2v) is 5.06. The van der Waals surface area contributed by atoms with Crippen LogP contribution >= 0.6 is 11.3 Å². The minimum Gasteiger partial charge on any atom is -0.322 e. The van der Waals surface area contributed by atoms with Crippen LogP contribution in [0.2, 0.25) is 0 Å². The minimum absolute atomic E-state index is 0.115. The highest BCUT2D eigenvalue weighted by Crippen LogP contribution is 2.17. The second kappa shape index (κ2) is 4.70. The molecule has 0 radical (unpaired) electrons. The number of carbonyl (C=O) groups is 1. The van der Waals surface area contributed by atoms with Crippen LogP contribution in [0.1, 0.15) is 10.4 Å². The summed E-state index contributed by atoms with van der Waals surface area (Å²) in [5, 5.41) is 2.81. The summed E-state index contributed by atoms with van der Waals surface area (Å²) >= 11 is 1.10. The fourth-order valence-electron chi connectivity index (χ4n) is 1.81. The largest absolute Gasteiger partial charge is 0.322 e. The Labute approximate surface area is 112 Å². The maximum Gasteiger partial charge on any atom is 0.305 e. The normalized spacial score (nSPS) is 10.5. The van der Waals surface area contributed by atoms with Crippen molar-refractivity contribution < 1.29 is 4.79 Å². The molecule has 1 heterocycles. The highest BCUT2D eigenvalue weighted by atomic mass is 32.1. The summed E-state index contributed by atoms with van der Waals surface area (Å²) in [4.78, 5) is 25.9. The van der Waals surface area contributed by atoms with Gasteiger partial charge in [-0.2, -0.15) is 0 Å². The van der Waals surface area contributed by atoms with Crippen molar-refractivity contribution in [2.24, 2.45) is 0 Å². The number of benzene rings is 2. The molecule has 2 N–H and O–H groups in total. The molecule has 4 nitrogen and oxygen atoms in total. The third-order valence-electron chi connectivity index (χ3n) is 2.71. The number of hydrogen-bond donors (Lipinski definition) is 2. The maximum absolute atomic E-state index is 12.1. The molecule has 0 atom stereocenters. The molecule has 0 saturated heterocycles. The van der Waals surface area contributed by atoms with Gasteiger partial charge in [-0.25, -0.2) is 0 Å². The van der Waals surface area contributed by atoms with Gasteiger partial charge in [-0.15, -0.1) is 0 Å². The predicted molar refractivity (Wildman–Crippen MR) is 76.8 cm³/mol. The van der Waals surface area contributed by atoms with Crippen molar-refractivity contribution in [2.45, 2.75) is 0 Å². The van der Waals surface area contributed by atoms with Gasteiger partial charge in [-0.3, -0.25) is 9.59 Å². The van der Waals surface area contributed by atoms with Crippen molar-refractivity contribution in [1.29, 1.82) is 0 Å². The van der Waals surface area contributed by atoms with Crippen LogP contribution in [0.4, 0.5) is 5.69 Å². The summed E-state index contributed by atoms with van der Waals surface area (Å²) in [6.07, 6.45) is 0. The summed E-state index contributed by atoms with van der Waals surface area (Å²) in [6, 6.07) is 14.4. The fourth-order valence-corrected chi connectivity index (χ4v) is 2.59. The Morgan fingerprint density at radius 1 is 1.11 bits per heavy atom. The van der Waals surface area contributed by atoms with E-state index in [1.165, 1.54) is 0 Å². The van der Waals surface area contributed by atoms with E-state index in [2.05, 4.69) is 10.3 Å². The lowest BCUT2D eigenvalue weighted by atomic mass is 10.2. The number of thiazole rings is 1. The van der Waals surface area contributed by atoms with Crippen LogP contribution in [0.3, 0.4) is 0 Å². The molecular weight excluding hydrogens is 260 g/mol. The third-order valence-corrected chi connectivity index (χ3v) is 3.56. The summed E-state index contributed by atoms with van der Waals surface area (Å²) in [6.45, 7) is 0. The van der Waals surface area contributed by atoms with Gasteiger partial charge in [0.05, 0.1) is 10.2 Å². The summed E-state index contributed by atoms with van der Waals surface area (Å²) < 4.78 is 0.783. The number of amides is 1. The van der Waals surface area contributed by atoms with E-state index in [1.54, 1.807) is 18.2 Å². The van der Waals surface area contributed by atoms with Gasteiger partial charge >= 0.3 is 4.87 Å². The number of aromatic amines is 1. The molecule has 0 aliphatic carbocycles. The quantitative estimate of drug-likeness (QED) is 0.752. The van der Waals surface area contributed by atoms with E-state index >= 15 is 0 Å². The number of anilines is 1. The summed E-state index contributed by atoms with van der Waals surface area (Å²) in [5.41, 5.74) is 2.03. The number of aromatic nitrogens is 1. The van der Waals surface area contributed by atoms with Crippen molar-refractivity contribution >= 4 is 33.1 Å². The zero-order valence-electron chi connectivity index (χ0n) is 9.84. The zero-order valence-corrected chi connectivity index (χ0v) is 10.7. The van der Waals surface area contributed by atoms with Gasteiger partial charge < -0.3 is 10.3 Å². The van der Waals surface area contributed by atoms with Crippen molar-refractivity contribution in [2.75, 3.05) is 5.32 Å². The summed E-state index contributed by atoms with van der Waals surface area (Å²) in [7, 11) is 0. The minimum atomic E-state index is -0.186. The lowest BCUT2D eigenvalue weighted by Crippen LogP contribution is -2.11. The molecule has 0 saturated carbocycles. The maximum atomic E-state index is 12.1. The second-order valence-electron chi connectivity index (χ2n) is 4.05. The molecule has 3 rings (SSSR count). The first-order valence-corrected chi connectivity index (χ1v) is 6.53. The smallest absolute Gasteiger partial charge is 0.305 e. The first-order chi connectivity index (χ1) is 9.22. The standard InChI is InChI=1S/C14H10N2O2S/c17-13(15-10-4-2-1-3-5-10)9-6-7-11-12(8-9)19-14(18)16-11/h1-8H,(H,15,17)(H,16,18). The van der Waals surface area contributed by atoms with Crippen LogP contribution in [-0.4, -0.2) is 10.9 Å². The van der Waals surface area contributed by atoms with E-state index in [-0.39, 0.29) is 10.8 Å². The number of rotatable bonds is 2. The van der Waals surface area contributed by atoms with Crippen molar-refractivity contribution in [3.8, 4) is 0 Å². The first-order valence-electron chi connectivity index (χ1n) is 5.72. The van der Waals surface area contributed by atoms with Gasteiger partial charge in [0.15, 0.2) is 0 Å². The molecule has 0 aliphatic heterocycles. The Morgan fingerprint density at radius 3 is 2.68 bits per heavy atom. The van der Waals surface area contributed by atoms with Crippen molar-refractivity contribution in [3.63, 3.8) is 0 Å². The lowest BCUT2D eigenvalue weighted by Gasteiger charge is -2.04. The van der Waals surface area contributed by atoms with Gasteiger partial charge in [0.1, 0.15) is 0 Å². The topological polar surface area (TPSA) is 62.0 Å². The molecule has 0 bridgehead atoms. The molecule has 1 amide bonds. The average molecular weight is 270 g/mol. The van der Waals surface area contributed by atoms with E-state index in [9.17, 15) is 9.59 Å². The number of fused-ring (bicyclic) bond motifs is 1. The third kappa shape index (κ3) is 2.41.